The van der Waals surface area contributed by atoms with E-state index < -0.39 is 9.84 Å². The lowest BCUT2D eigenvalue weighted by molar-refractivity contribution is 0.157. The van der Waals surface area contributed by atoms with E-state index in [-0.39, 0.29) is 18.1 Å². The van der Waals surface area contributed by atoms with Gasteiger partial charge in [-0.3, -0.25) is 0 Å². The highest BCUT2D eigenvalue weighted by Crippen LogP contribution is 2.08. The lowest BCUT2D eigenvalue weighted by Gasteiger charge is -2.05. The van der Waals surface area contributed by atoms with Gasteiger partial charge in [0.2, 0.25) is 0 Å². The summed E-state index contributed by atoms with van der Waals surface area (Å²) in [5.74, 6) is 0.111. The van der Waals surface area contributed by atoms with Crippen molar-refractivity contribution in [2.45, 2.75) is 12.7 Å². The molecule has 0 radical (unpaired) electrons. The highest BCUT2D eigenvalue weighted by atomic mass is 32.2. The van der Waals surface area contributed by atoms with Gasteiger partial charge in [0.1, 0.15) is 0 Å². The summed E-state index contributed by atoms with van der Waals surface area (Å²) < 4.78 is 28.5. The molecule has 0 atom stereocenters. The third-order valence-electron chi connectivity index (χ3n) is 2.31. The average molecular weight is 257 g/mol. The van der Waals surface area contributed by atoms with Gasteiger partial charge in [-0.25, -0.2) is 8.42 Å². The van der Waals surface area contributed by atoms with Crippen molar-refractivity contribution in [2.75, 3.05) is 25.5 Å². The number of aryl methyl sites for hydroxylation is 1. The highest BCUT2D eigenvalue weighted by Gasteiger charge is 2.11. The first kappa shape index (κ1) is 14.2. The van der Waals surface area contributed by atoms with E-state index in [1.165, 1.54) is 0 Å². The molecule has 1 aromatic carbocycles. The standard InChI is InChI=1S/C12H19NO3S/c1-11-2-4-12(5-3-11)10-17(14,15)9-8-16-7-6-13/h2-5H,6-10,13H2,1H3. The number of sulfone groups is 1. The number of hydrogen-bond acceptors (Lipinski definition) is 4. The van der Waals surface area contributed by atoms with Crippen LogP contribution in [0.3, 0.4) is 0 Å². The highest BCUT2D eigenvalue weighted by molar-refractivity contribution is 7.90. The second-order valence-electron chi connectivity index (χ2n) is 3.98. The summed E-state index contributed by atoms with van der Waals surface area (Å²) in [5, 5.41) is 0. The molecule has 96 valence electrons. The van der Waals surface area contributed by atoms with Crippen molar-refractivity contribution in [3.05, 3.63) is 35.4 Å². The van der Waals surface area contributed by atoms with E-state index >= 15 is 0 Å². The molecule has 0 aliphatic rings. The maximum Gasteiger partial charge on any atom is 0.156 e. The lowest BCUT2D eigenvalue weighted by atomic mass is 10.2. The predicted octanol–water partition coefficient (Wildman–Crippen LogP) is 0.885. The quantitative estimate of drug-likeness (QED) is 0.736. The van der Waals surface area contributed by atoms with E-state index in [1.54, 1.807) is 0 Å². The van der Waals surface area contributed by atoms with Crippen molar-refractivity contribution in [1.29, 1.82) is 0 Å². The second kappa shape index (κ2) is 6.74. The minimum absolute atomic E-state index is 0.0425. The zero-order valence-corrected chi connectivity index (χ0v) is 10.9. The molecule has 0 bridgehead atoms. The van der Waals surface area contributed by atoms with Gasteiger partial charge in [0.05, 0.1) is 24.7 Å². The van der Waals surface area contributed by atoms with E-state index in [0.29, 0.717) is 13.2 Å². The van der Waals surface area contributed by atoms with Crippen molar-refractivity contribution in [2.24, 2.45) is 5.73 Å². The molecule has 17 heavy (non-hydrogen) atoms. The van der Waals surface area contributed by atoms with Crippen LogP contribution in [-0.4, -0.2) is 33.9 Å². The molecular weight excluding hydrogens is 238 g/mol. The monoisotopic (exact) mass is 257 g/mol. The minimum Gasteiger partial charge on any atom is -0.379 e. The first-order valence-corrected chi connectivity index (χ1v) is 7.39. The smallest absolute Gasteiger partial charge is 0.156 e. The van der Waals surface area contributed by atoms with E-state index in [2.05, 4.69) is 0 Å². The molecule has 0 fully saturated rings. The van der Waals surface area contributed by atoms with Crippen LogP contribution in [0, 0.1) is 6.92 Å². The molecule has 0 unspecified atom stereocenters. The maximum atomic E-state index is 11.7. The van der Waals surface area contributed by atoms with Gasteiger partial charge >= 0.3 is 0 Å². The molecule has 0 spiro atoms. The topological polar surface area (TPSA) is 69.4 Å². The normalized spacial score (nSPS) is 11.6. The SMILES string of the molecule is Cc1ccc(CS(=O)(=O)CCOCCN)cc1. The Morgan fingerprint density at radius 1 is 1.18 bits per heavy atom. The summed E-state index contributed by atoms with van der Waals surface area (Å²) in [6.45, 7) is 3.00. The van der Waals surface area contributed by atoms with Crippen molar-refractivity contribution in [1.82, 2.24) is 0 Å². The van der Waals surface area contributed by atoms with Gasteiger partial charge in [-0.1, -0.05) is 29.8 Å². The zero-order chi connectivity index (χ0) is 12.7. The van der Waals surface area contributed by atoms with Crippen LogP contribution in [0.4, 0.5) is 0 Å². The van der Waals surface area contributed by atoms with Gasteiger partial charge < -0.3 is 10.5 Å². The van der Waals surface area contributed by atoms with E-state index in [0.717, 1.165) is 11.1 Å². The number of hydrogen-bond donors (Lipinski definition) is 1. The molecule has 0 heterocycles. The largest absolute Gasteiger partial charge is 0.379 e. The fourth-order valence-corrected chi connectivity index (χ4v) is 2.60. The number of nitrogens with two attached hydrogens (primary N) is 1. The van der Waals surface area contributed by atoms with Crippen molar-refractivity contribution in [3.8, 4) is 0 Å². The Morgan fingerprint density at radius 3 is 2.41 bits per heavy atom. The first-order chi connectivity index (χ1) is 8.03. The lowest BCUT2D eigenvalue weighted by Crippen LogP contribution is -2.17. The summed E-state index contributed by atoms with van der Waals surface area (Å²) in [5.41, 5.74) is 7.18. The maximum absolute atomic E-state index is 11.7. The Balaban J connectivity index is 2.46. The summed E-state index contributed by atoms with van der Waals surface area (Å²) in [7, 11) is -3.09. The second-order valence-corrected chi connectivity index (χ2v) is 6.16. The summed E-state index contributed by atoms with van der Waals surface area (Å²) in [4.78, 5) is 0. The molecule has 4 nitrogen and oxygen atoms in total. The molecule has 0 aromatic heterocycles. The Kier molecular flexibility index (Phi) is 5.61. The molecular formula is C12H19NO3S. The van der Waals surface area contributed by atoms with Crippen molar-refractivity contribution >= 4 is 9.84 Å². The van der Waals surface area contributed by atoms with Crippen LogP contribution >= 0.6 is 0 Å². The van der Waals surface area contributed by atoms with Crippen LogP contribution in [0.5, 0.6) is 0 Å². The van der Waals surface area contributed by atoms with Gasteiger partial charge in [-0.2, -0.15) is 0 Å². The van der Waals surface area contributed by atoms with Crippen LogP contribution in [0.1, 0.15) is 11.1 Å². The Morgan fingerprint density at radius 2 is 1.82 bits per heavy atom. The Labute approximate surface area is 103 Å². The summed E-state index contributed by atoms with van der Waals surface area (Å²) in [6, 6.07) is 7.51. The van der Waals surface area contributed by atoms with Gasteiger partial charge in [-0.05, 0) is 12.5 Å². The van der Waals surface area contributed by atoms with E-state index in [4.69, 9.17) is 10.5 Å². The van der Waals surface area contributed by atoms with Gasteiger partial charge in [0.15, 0.2) is 9.84 Å². The van der Waals surface area contributed by atoms with Crippen molar-refractivity contribution < 1.29 is 13.2 Å². The number of benzene rings is 1. The molecule has 0 aliphatic carbocycles. The average Bonchev–Trinajstić information content (AvgIpc) is 2.27. The third-order valence-corrected chi connectivity index (χ3v) is 3.87. The fraction of sp³-hybridized carbons (Fsp3) is 0.500. The van der Waals surface area contributed by atoms with Crippen LogP contribution < -0.4 is 5.73 Å². The summed E-state index contributed by atoms with van der Waals surface area (Å²) in [6.07, 6.45) is 0. The Hall–Kier alpha value is -0.910. The third kappa shape index (κ3) is 5.81. The molecule has 0 amide bonds. The van der Waals surface area contributed by atoms with Crippen LogP contribution in [0.2, 0.25) is 0 Å². The zero-order valence-electron chi connectivity index (χ0n) is 10.1. The predicted molar refractivity (Wildman–Crippen MR) is 68.5 cm³/mol. The fourth-order valence-electron chi connectivity index (χ4n) is 1.38. The number of ether oxygens (including phenoxy) is 1. The molecule has 1 rings (SSSR count). The van der Waals surface area contributed by atoms with E-state index in [1.807, 2.05) is 31.2 Å². The molecule has 1 aromatic rings. The molecule has 2 N–H and O–H groups in total. The molecule has 0 aliphatic heterocycles. The number of rotatable bonds is 7. The van der Waals surface area contributed by atoms with Gasteiger partial charge in [0, 0.05) is 6.54 Å². The Bertz CT molecular complexity index is 426. The molecule has 5 heteroatoms. The summed E-state index contributed by atoms with van der Waals surface area (Å²) >= 11 is 0. The van der Waals surface area contributed by atoms with Gasteiger partial charge in [0.25, 0.3) is 0 Å². The van der Waals surface area contributed by atoms with Gasteiger partial charge in [-0.15, -0.1) is 0 Å². The first-order valence-electron chi connectivity index (χ1n) is 5.57. The van der Waals surface area contributed by atoms with E-state index in [9.17, 15) is 8.42 Å². The molecule has 0 saturated carbocycles. The molecule has 0 saturated heterocycles. The van der Waals surface area contributed by atoms with Crippen LogP contribution in [0.15, 0.2) is 24.3 Å². The van der Waals surface area contributed by atoms with Crippen LogP contribution in [-0.2, 0) is 20.3 Å². The van der Waals surface area contributed by atoms with Crippen molar-refractivity contribution in [3.63, 3.8) is 0 Å². The van der Waals surface area contributed by atoms with Crippen LogP contribution in [0.25, 0.3) is 0 Å². The minimum atomic E-state index is -3.09.